The third kappa shape index (κ3) is 4.45. The molecule has 10 nitrogen and oxygen atoms in total. The summed E-state index contributed by atoms with van der Waals surface area (Å²) in [5.74, 6) is 3.33. The fraction of sp³-hybridized carbons (Fsp3) is 0.250. The van der Waals surface area contributed by atoms with Crippen molar-refractivity contribution in [3.05, 3.63) is 72.8 Å². The molecule has 0 aliphatic carbocycles. The molecule has 0 unspecified atom stereocenters. The molecular weight excluding hydrogens is 482 g/mol. The summed E-state index contributed by atoms with van der Waals surface area (Å²) >= 11 is 0. The molecule has 192 valence electrons. The van der Waals surface area contributed by atoms with Crippen LogP contribution in [0.1, 0.15) is 11.3 Å². The highest BCUT2D eigenvalue weighted by molar-refractivity contribution is 5.90. The molecule has 5 heterocycles. The van der Waals surface area contributed by atoms with Crippen LogP contribution in [0.3, 0.4) is 0 Å². The van der Waals surface area contributed by atoms with Gasteiger partial charge in [0.1, 0.15) is 29.9 Å². The largest absolute Gasteiger partial charge is 0.487 e. The lowest BCUT2D eigenvalue weighted by atomic mass is 10.1. The Bertz CT molecular complexity index is 1540. The summed E-state index contributed by atoms with van der Waals surface area (Å²) in [6.07, 6.45) is 4.58. The van der Waals surface area contributed by atoms with Crippen LogP contribution in [0.15, 0.2) is 61.6 Å². The van der Waals surface area contributed by atoms with E-state index in [0.29, 0.717) is 54.6 Å². The number of carbonyl (C=O) groups is 1. The van der Waals surface area contributed by atoms with Crippen LogP contribution in [-0.4, -0.2) is 63.0 Å². The number of rotatable bonds is 5. The highest BCUT2D eigenvalue weighted by atomic mass is 16.5. The molecule has 3 aromatic heterocycles. The van der Waals surface area contributed by atoms with E-state index in [9.17, 15) is 4.79 Å². The Morgan fingerprint density at radius 3 is 2.84 bits per heavy atom. The van der Waals surface area contributed by atoms with Gasteiger partial charge in [-0.25, -0.2) is 15.0 Å². The van der Waals surface area contributed by atoms with E-state index in [2.05, 4.69) is 31.7 Å². The molecule has 4 aromatic rings. The van der Waals surface area contributed by atoms with Crippen LogP contribution in [0, 0.1) is 13.8 Å². The highest BCUT2D eigenvalue weighted by Gasteiger charge is 2.34. The van der Waals surface area contributed by atoms with Crippen LogP contribution < -0.4 is 19.7 Å². The summed E-state index contributed by atoms with van der Waals surface area (Å²) < 4.78 is 12.1. The molecule has 2 aliphatic rings. The van der Waals surface area contributed by atoms with Crippen LogP contribution in [0.4, 0.5) is 17.3 Å². The van der Waals surface area contributed by atoms with Crippen molar-refractivity contribution in [3.8, 4) is 17.2 Å². The van der Waals surface area contributed by atoms with Gasteiger partial charge < -0.3 is 24.6 Å². The number of pyridine rings is 2. The molecule has 38 heavy (non-hydrogen) atoms. The summed E-state index contributed by atoms with van der Waals surface area (Å²) in [6, 6.07) is 11.5. The van der Waals surface area contributed by atoms with E-state index in [4.69, 9.17) is 14.5 Å². The van der Waals surface area contributed by atoms with Crippen molar-refractivity contribution >= 4 is 34.3 Å². The average molecular weight is 510 g/mol. The predicted octanol–water partition coefficient (Wildman–Crippen LogP) is 4.17. The molecule has 6 rings (SSSR count). The number of amides is 1. The Hall–Kier alpha value is -4.73. The first-order valence-electron chi connectivity index (χ1n) is 12.4. The van der Waals surface area contributed by atoms with Gasteiger partial charge in [0.15, 0.2) is 17.4 Å². The maximum atomic E-state index is 12.3. The van der Waals surface area contributed by atoms with Crippen LogP contribution in [0.2, 0.25) is 0 Å². The van der Waals surface area contributed by atoms with Crippen molar-refractivity contribution in [3.63, 3.8) is 0 Å². The average Bonchev–Trinajstić information content (AvgIpc) is 3.06. The van der Waals surface area contributed by atoms with Gasteiger partial charge in [-0.05, 0) is 55.8 Å². The number of nitrogens with zero attached hydrogens (tertiary/aromatic N) is 6. The van der Waals surface area contributed by atoms with E-state index in [1.54, 1.807) is 6.20 Å². The number of anilines is 3. The first-order chi connectivity index (χ1) is 18.5. The van der Waals surface area contributed by atoms with Crippen molar-refractivity contribution in [1.29, 1.82) is 0 Å². The van der Waals surface area contributed by atoms with Gasteiger partial charge in [-0.2, -0.15) is 0 Å². The molecule has 1 N–H and O–H groups in total. The second-order valence-electron chi connectivity index (χ2n) is 9.39. The van der Waals surface area contributed by atoms with Crippen molar-refractivity contribution in [1.82, 2.24) is 24.8 Å². The number of fused-ring (bicyclic) bond motifs is 5. The first kappa shape index (κ1) is 23.7. The molecule has 1 amide bonds. The minimum atomic E-state index is -0.0816. The minimum Gasteiger partial charge on any atom is -0.487 e. The summed E-state index contributed by atoms with van der Waals surface area (Å²) in [7, 11) is 0. The van der Waals surface area contributed by atoms with E-state index >= 15 is 0 Å². The van der Waals surface area contributed by atoms with Gasteiger partial charge in [0.25, 0.3) is 0 Å². The highest BCUT2D eigenvalue weighted by Crippen LogP contribution is 2.36. The zero-order valence-electron chi connectivity index (χ0n) is 21.2. The SMILES string of the molecule is C=CC(=O)N1CCN2C[C@H]1COc1cc3ncnc(Nc4ccc(Oc5ccc(C)nc5)c(C)c4)c3nc12. The number of ether oxygens (including phenoxy) is 2. The van der Waals surface area contributed by atoms with E-state index in [1.807, 2.05) is 55.1 Å². The normalized spacial score (nSPS) is 16.3. The summed E-state index contributed by atoms with van der Waals surface area (Å²) in [5.41, 5.74) is 4.05. The van der Waals surface area contributed by atoms with E-state index in [0.717, 1.165) is 28.5 Å². The van der Waals surface area contributed by atoms with Crippen LogP contribution in [0.25, 0.3) is 11.0 Å². The quantitative estimate of drug-likeness (QED) is 0.397. The van der Waals surface area contributed by atoms with Gasteiger partial charge in [-0.3, -0.25) is 9.78 Å². The summed E-state index contributed by atoms with van der Waals surface area (Å²) in [6.45, 7) is 9.82. The number of hydrogen-bond acceptors (Lipinski definition) is 9. The standard InChI is InChI=1S/C28H27N7O3/c1-4-25(36)35-10-9-34-14-20(35)15-37-24-12-22-26(33-28(24)34)27(31-16-30-22)32-19-6-8-23(17(2)11-19)38-21-7-5-18(3)29-13-21/h4-8,11-13,16,20H,1,9-10,14-15H2,2-3H3,(H,30,31,32)/t20-/m0/s1. The Labute approximate surface area is 220 Å². The van der Waals surface area contributed by atoms with Crippen LogP contribution >= 0.6 is 0 Å². The molecule has 2 aliphatic heterocycles. The Morgan fingerprint density at radius 2 is 2.05 bits per heavy atom. The van der Waals surface area contributed by atoms with Gasteiger partial charge >= 0.3 is 0 Å². The van der Waals surface area contributed by atoms with E-state index in [1.165, 1.54) is 12.4 Å². The molecular formula is C28H27N7O3. The van der Waals surface area contributed by atoms with Gasteiger partial charge in [-0.15, -0.1) is 0 Å². The fourth-order valence-corrected chi connectivity index (χ4v) is 4.79. The number of hydrogen-bond donors (Lipinski definition) is 1. The number of benzene rings is 1. The minimum absolute atomic E-state index is 0.0744. The molecule has 1 saturated heterocycles. The Morgan fingerprint density at radius 1 is 1.16 bits per heavy atom. The monoisotopic (exact) mass is 509 g/mol. The van der Waals surface area contributed by atoms with Crippen molar-refractivity contribution in [2.24, 2.45) is 0 Å². The van der Waals surface area contributed by atoms with Gasteiger partial charge in [0.2, 0.25) is 5.91 Å². The number of piperazine rings is 1. The first-order valence-corrected chi connectivity index (χ1v) is 12.4. The Kier molecular flexibility index (Phi) is 5.99. The maximum absolute atomic E-state index is 12.3. The fourth-order valence-electron chi connectivity index (χ4n) is 4.79. The van der Waals surface area contributed by atoms with Gasteiger partial charge in [0, 0.05) is 37.1 Å². The van der Waals surface area contributed by atoms with Crippen molar-refractivity contribution in [2.75, 3.05) is 36.5 Å². The van der Waals surface area contributed by atoms with Crippen LogP contribution in [-0.2, 0) is 4.79 Å². The number of aromatic nitrogens is 4. The lowest BCUT2D eigenvalue weighted by Crippen LogP contribution is -2.56. The third-order valence-electron chi connectivity index (χ3n) is 6.78. The molecule has 0 spiro atoms. The number of carbonyl (C=O) groups excluding carboxylic acids is 1. The molecule has 1 aromatic carbocycles. The van der Waals surface area contributed by atoms with E-state index in [-0.39, 0.29) is 11.9 Å². The molecule has 1 fully saturated rings. The lowest BCUT2D eigenvalue weighted by Gasteiger charge is -2.39. The second-order valence-corrected chi connectivity index (χ2v) is 9.39. The second kappa shape index (κ2) is 9.62. The summed E-state index contributed by atoms with van der Waals surface area (Å²) in [4.78, 5) is 34.4. The smallest absolute Gasteiger partial charge is 0.246 e. The Balaban J connectivity index is 1.27. The number of aryl methyl sites for hydroxylation is 2. The van der Waals surface area contributed by atoms with Crippen LogP contribution in [0.5, 0.6) is 17.2 Å². The zero-order valence-corrected chi connectivity index (χ0v) is 21.2. The summed E-state index contributed by atoms with van der Waals surface area (Å²) in [5, 5.41) is 3.39. The van der Waals surface area contributed by atoms with E-state index < -0.39 is 0 Å². The molecule has 10 heteroatoms. The lowest BCUT2D eigenvalue weighted by molar-refractivity contribution is -0.129. The maximum Gasteiger partial charge on any atom is 0.246 e. The topological polar surface area (TPSA) is 106 Å². The third-order valence-corrected chi connectivity index (χ3v) is 6.78. The van der Waals surface area contributed by atoms with Crippen molar-refractivity contribution < 1.29 is 14.3 Å². The zero-order chi connectivity index (χ0) is 26.2. The molecule has 2 bridgehead atoms. The van der Waals surface area contributed by atoms with Crippen molar-refractivity contribution in [2.45, 2.75) is 19.9 Å². The number of nitrogens with one attached hydrogen (secondary N) is 1. The molecule has 0 radical (unpaired) electrons. The molecule has 1 atom stereocenters. The van der Waals surface area contributed by atoms with Gasteiger partial charge in [0.05, 0.1) is 17.8 Å². The van der Waals surface area contributed by atoms with Gasteiger partial charge in [-0.1, -0.05) is 6.58 Å². The molecule has 0 saturated carbocycles. The predicted molar refractivity (Wildman–Crippen MR) is 144 cm³/mol.